The largest absolute Gasteiger partial charge is 0.493 e. The van der Waals surface area contributed by atoms with Gasteiger partial charge in [-0.2, -0.15) is 0 Å². The molecule has 1 unspecified atom stereocenters. The number of anilines is 2. The number of furan rings is 1. The molecule has 0 bridgehead atoms. The molecule has 0 aliphatic carbocycles. The number of carbonyl (C=O) groups excluding carboxylic acids is 1. The Bertz CT molecular complexity index is 1270. The summed E-state index contributed by atoms with van der Waals surface area (Å²) in [5.74, 6) is 1.96. The van der Waals surface area contributed by atoms with Gasteiger partial charge in [0.15, 0.2) is 17.3 Å². The van der Waals surface area contributed by atoms with E-state index >= 15 is 0 Å². The van der Waals surface area contributed by atoms with Gasteiger partial charge in [-0.05, 0) is 66.9 Å². The Morgan fingerprint density at radius 2 is 1.94 bits per heavy atom. The van der Waals surface area contributed by atoms with Crippen LogP contribution in [0.1, 0.15) is 45.1 Å². The second-order valence-corrected chi connectivity index (χ2v) is 8.83. The molecule has 0 fully saturated rings. The van der Waals surface area contributed by atoms with E-state index in [0.29, 0.717) is 11.5 Å². The predicted molar refractivity (Wildman–Crippen MR) is 134 cm³/mol. The standard InChI is InChI=1S/C26H27N3O4S/c1-5-18-15-19(26(34-18)29-25(30)21-7-6-12-33-21)24(28-23-13-16(2)10-11-27-23)17-8-9-20(31-3)22(14-17)32-4/h6-15,24H,5H2,1-4H3,(H,27,28)(H,29,30). The minimum Gasteiger partial charge on any atom is -0.493 e. The summed E-state index contributed by atoms with van der Waals surface area (Å²) in [4.78, 5) is 18.4. The minimum absolute atomic E-state index is 0.258. The molecule has 4 rings (SSSR count). The molecule has 3 aromatic heterocycles. The second-order valence-electron chi connectivity index (χ2n) is 7.69. The van der Waals surface area contributed by atoms with E-state index in [1.54, 1.807) is 43.9 Å². The van der Waals surface area contributed by atoms with Crippen LogP contribution in [-0.4, -0.2) is 25.1 Å². The molecule has 0 saturated carbocycles. The monoisotopic (exact) mass is 477 g/mol. The first-order chi connectivity index (χ1) is 16.5. The van der Waals surface area contributed by atoms with Gasteiger partial charge in [-0.3, -0.25) is 4.79 Å². The fraction of sp³-hybridized carbons (Fsp3) is 0.231. The summed E-state index contributed by atoms with van der Waals surface area (Å²) in [7, 11) is 3.22. The molecule has 0 aliphatic rings. The normalized spacial score (nSPS) is 11.6. The molecule has 34 heavy (non-hydrogen) atoms. The number of thiophene rings is 1. The zero-order valence-corrected chi connectivity index (χ0v) is 20.4. The Kier molecular flexibility index (Phi) is 7.18. The Morgan fingerprint density at radius 1 is 1.12 bits per heavy atom. The number of rotatable bonds is 9. The molecule has 0 aliphatic heterocycles. The second kappa shape index (κ2) is 10.4. The molecule has 1 atom stereocenters. The zero-order chi connectivity index (χ0) is 24.1. The van der Waals surface area contributed by atoms with E-state index in [9.17, 15) is 4.79 Å². The first-order valence-corrected chi connectivity index (χ1v) is 11.7. The summed E-state index contributed by atoms with van der Waals surface area (Å²) in [6, 6.07) is 14.9. The molecule has 2 N–H and O–H groups in total. The van der Waals surface area contributed by atoms with E-state index in [0.717, 1.165) is 38.8 Å². The zero-order valence-electron chi connectivity index (χ0n) is 19.5. The van der Waals surface area contributed by atoms with Crippen molar-refractivity contribution in [2.45, 2.75) is 26.3 Å². The molecule has 176 valence electrons. The average Bonchev–Trinajstić information content (AvgIpc) is 3.52. The third-order valence-electron chi connectivity index (χ3n) is 5.39. The number of nitrogens with zero attached hydrogens (tertiary/aromatic N) is 1. The van der Waals surface area contributed by atoms with Gasteiger partial charge in [0.1, 0.15) is 10.8 Å². The van der Waals surface area contributed by atoms with Crippen molar-refractivity contribution in [3.63, 3.8) is 0 Å². The summed E-state index contributed by atoms with van der Waals surface area (Å²) >= 11 is 1.55. The number of hydrogen-bond acceptors (Lipinski definition) is 7. The van der Waals surface area contributed by atoms with Gasteiger partial charge >= 0.3 is 0 Å². The predicted octanol–water partition coefficient (Wildman–Crippen LogP) is 6.08. The number of aryl methyl sites for hydroxylation is 2. The van der Waals surface area contributed by atoms with Crippen LogP contribution >= 0.6 is 11.3 Å². The average molecular weight is 478 g/mol. The van der Waals surface area contributed by atoms with Gasteiger partial charge in [-0.15, -0.1) is 11.3 Å². The highest BCUT2D eigenvalue weighted by atomic mass is 32.1. The molecular weight excluding hydrogens is 450 g/mol. The molecular formula is C26H27N3O4S. The molecule has 7 nitrogen and oxygen atoms in total. The van der Waals surface area contributed by atoms with Crippen LogP contribution in [0.3, 0.4) is 0 Å². The van der Waals surface area contributed by atoms with Crippen molar-refractivity contribution in [2.24, 2.45) is 0 Å². The van der Waals surface area contributed by atoms with Crippen molar-refractivity contribution in [3.05, 3.63) is 88.3 Å². The van der Waals surface area contributed by atoms with Gasteiger partial charge < -0.3 is 24.5 Å². The van der Waals surface area contributed by atoms with Crippen LogP contribution in [0.15, 0.2) is 65.4 Å². The van der Waals surface area contributed by atoms with Crippen LogP contribution in [0.2, 0.25) is 0 Å². The van der Waals surface area contributed by atoms with Gasteiger partial charge in [0.25, 0.3) is 5.91 Å². The smallest absolute Gasteiger partial charge is 0.291 e. The lowest BCUT2D eigenvalue weighted by atomic mass is 9.99. The summed E-state index contributed by atoms with van der Waals surface area (Å²) in [5.41, 5.74) is 2.96. The summed E-state index contributed by atoms with van der Waals surface area (Å²) in [5, 5.41) is 7.34. The maximum absolute atomic E-state index is 12.8. The number of methoxy groups -OCH3 is 2. The highest BCUT2D eigenvalue weighted by Crippen LogP contribution is 2.40. The van der Waals surface area contributed by atoms with E-state index in [2.05, 4.69) is 28.6 Å². The molecule has 1 aromatic carbocycles. The van der Waals surface area contributed by atoms with Crippen molar-refractivity contribution in [3.8, 4) is 11.5 Å². The number of hydrogen-bond donors (Lipinski definition) is 2. The lowest BCUT2D eigenvalue weighted by Gasteiger charge is -2.22. The van der Waals surface area contributed by atoms with Crippen molar-refractivity contribution in [1.82, 2.24) is 4.98 Å². The van der Waals surface area contributed by atoms with Crippen molar-refractivity contribution < 1.29 is 18.7 Å². The van der Waals surface area contributed by atoms with E-state index in [-0.39, 0.29) is 17.7 Å². The maximum Gasteiger partial charge on any atom is 0.291 e. The van der Waals surface area contributed by atoms with Crippen LogP contribution in [0, 0.1) is 6.92 Å². The SMILES string of the molecule is CCc1cc(C(Nc2cc(C)ccn2)c2ccc(OC)c(OC)c2)c(NC(=O)c2ccco2)s1. The fourth-order valence-electron chi connectivity index (χ4n) is 3.65. The molecule has 8 heteroatoms. The quantitative estimate of drug-likeness (QED) is 0.304. The third kappa shape index (κ3) is 5.07. The minimum atomic E-state index is -0.308. The van der Waals surface area contributed by atoms with Crippen LogP contribution in [-0.2, 0) is 6.42 Å². The lowest BCUT2D eigenvalue weighted by Crippen LogP contribution is -2.17. The van der Waals surface area contributed by atoms with Crippen molar-refractivity contribution in [1.29, 1.82) is 0 Å². The number of carbonyl (C=O) groups is 1. The summed E-state index contributed by atoms with van der Waals surface area (Å²) < 4.78 is 16.3. The number of pyridine rings is 1. The first kappa shape index (κ1) is 23.4. The van der Waals surface area contributed by atoms with Gasteiger partial charge in [0, 0.05) is 16.6 Å². The molecule has 0 radical (unpaired) electrons. The topological polar surface area (TPSA) is 85.6 Å². The Morgan fingerprint density at radius 3 is 2.62 bits per heavy atom. The van der Waals surface area contributed by atoms with Gasteiger partial charge in [0.05, 0.1) is 26.5 Å². The first-order valence-electron chi connectivity index (χ1n) is 10.9. The third-order valence-corrected chi connectivity index (χ3v) is 6.60. The highest BCUT2D eigenvalue weighted by Gasteiger charge is 2.24. The van der Waals surface area contributed by atoms with Crippen LogP contribution < -0.4 is 20.1 Å². The lowest BCUT2D eigenvalue weighted by molar-refractivity contribution is 0.0997. The Hall–Kier alpha value is -3.78. The molecule has 0 saturated heterocycles. The summed E-state index contributed by atoms with van der Waals surface area (Å²) in [6.45, 7) is 4.11. The van der Waals surface area contributed by atoms with Crippen LogP contribution in [0.25, 0.3) is 0 Å². The summed E-state index contributed by atoms with van der Waals surface area (Å²) in [6.07, 6.45) is 4.10. The molecule has 0 spiro atoms. The van der Waals surface area contributed by atoms with Crippen LogP contribution in [0.5, 0.6) is 11.5 Å². The Labute approximate surface area is 202 Å². The molecule has 1 amide bonds. The fourth-order valence-corrected chi connectivity index (χ4v) is 4.68. The maximum atomic E-state index is 12.8. The highest BCUT2D eigenvalue weighted by molar-refractivity contribution is 7.16. The number of amides is 1. The molecule has 4 aromatic rings. The number of nitrogens with one attached hydrogen (secondary N) is 2. The van der Waals surface area contributed by atoms with Gasteiger partial charge in [-0.1, -0.05) is 13.0 Å². The van der Waals surface area contributed by atoms with Crippen molar-refractivity contribution >= 4 is 28.1 Å². The van der Waals surface area contributed by atoms with E-state index in [1.807, 2.05) is 37.3 Å². The van der Waals surface area contributed by atoms with E-state index in [1.165, 1.54) is 6.26 Å². The number of ether oxygens (including phenoxy) is 2. The van der Waals surface area contributed by atoms with Crippen LogP contribution in [0.4, 0.5) is 10.8 Å². The Balaban J connectivity index is 1.80. The van der Waals surface area contributed by atoms with Crippen molar-refractivity contribution in [2.75, 3.05) is 24.9 Å². The van der Waals surface area contributed by atoms with Gasteiger partial charge in [0.2, 0.25) is 0 Å². The van der Waals surface area contributed by atoms with E-state index < -0.39 is 0 Å². The molecule has 3 heterocycles. The number of aromatic nitrogens is 1. The van der Waals surface area contributed by atoms with Gasteiger partial charge in [-0.25, -0.2) is 4.98 Å². The number of benzene rings is 1. The van der Waals surface area contributed by atoms with E-state index in [4.69, 9.17) is 13.9 Å².